The molecule has 1 amide bonds. The molecule has 2 bridgehead atoms. The zero-order valence-electron chi connectivity index (χ0n) is 36.9. The third kappa shape index (κ3) is 10.1. The topological polar surface area (TPSA) is 151 Å². The lowest BCUT2D eigenvalue weighted by atomic mass is 9.86. The predicted octanol–water partition coefficient (Wildman–Crippen LogP) is 9.45. The van der Waals surface area contributed by atoms with Crippen LogP contribution in [0, 0.1) is 5.92 Å². The van der Waals surface area contributed by atoms with E-state index >= 15 is 0 Å². The molecule has 3 saturated heterocycles. The zero-order chi connectivity index (χ0) is 44.3. The standard InChI is InChI=1S/C50H59N5O7Si/c1-50(2,3)63(4,5)62-44(38-17-20-42(56)47-39(38)18-21-46(57)53-47)31-51-25-22-34-15-19-41-43(30-34)61-49(59)55(41)26-10-9-11-33-14-16-37(35-12-7-6-8-13-35)40(29-33)52-48(58)60-45-32-54-27-23-36(45)24-28-54/h6-9,11-21,29-30,36,44-45,51,56H,10,22-28,31-32H2,1-5H3,(H,52,58)(H,53,57)/b11-9+/t44-,45-/m0/s1. The normalized spacial score (nSPS) is 18.3. The number of carbonyl (C=O) groups is 1. The van der Waals surface area contributed by atoms with Crippen LogP contribution in [-0.4, -0.2) is 72.8 Å². The number of piperidine rings is 3. The smallest absolute Gasteiger partial charge is 0.419 e. The Hall–Kier alpha value is -5.73. The maximum Gasteiger partial charge on any atom is 0.419 e. The molecular weight excluding hydrogens is 811 g/mol. The highest BCUT2D eigenvalue weighted by molar-refractivity contribution is 6.74. The maximum absolute atomic E-state index is 13.2. The van der Waals surface area contributed by atoms with E-state index in [2.05, 4.69) is 54.4 Å². The van der Waals surface area contributed by atoms with E-state index in [4.69, 9.17) is 13.6 Å². The number of benzene rings is 4. The molecule has 4 aromatic carbocycles. The summed E-state index contributed by atoms with van der Waals surface area (Å²) in [5.41, 5.74) is 6.84. The summed E-state index contributed by atoms with van der Waals surface area (Å²) in [7, 11) is -2.22. The molecule has 2 aromatic heterocycles. The molecule has 2 atom stereocenters. The molecule has 0 unspecified atom stereocenters. The number of fused-ring (bicyclic) bond motifs is 5. The van der Waals surface area contributed by atoms with Crippen molar-refractivity contribution in [3.05, 3.63) is 135 Å². The number of nitrogens with one attached hydrogen (secondary N) is 3. The summed E-state index contributed by atoms with van der Waals surface area (Å²) >= 11 is 0. The zero-order valence-corrected chi connectivity index (χ0v) is 37.9. The van der Waals surface area contributed by atoms with Gasteiger partial charge < -0.3 is 29.0 Å². The van der Waals surface area contributed by atoms with Gasteiger partial charge in [0.2, 0.25) is 5.56 Å². The number of ether oxygens (including phenoxy) is 1. The maximum atomic E-state index is 13.2. The second kappa shape index (κ2) is 18.5. The van der Waals surface area contributed by atoms with Crippen LogP contribution in [0.25, 0.3) is 39.2 Å². The number of amides is 1. The number of rotatable bonds is 15. The van der Waals surface area contributed by atoms with Crippen molar-refractivity contribution in [2.75, 3.05) is 38.0 Å². The van der Waals surface area contributed by atoms with Crippen LogP contribution in [0.2, 0.25) is 18.1 Å². The van der Waals surface area contributed by atoms with Gasteiger partial charge in [0.15, 0.2) is 13.9 Å². The number of carbonyl (C=O) groups excluding carboxylic acids is 1. The van der Waals surface area contributed by atoms with Crippen LogP contribution in [0.5, 0.6) is 5.75 Å². The Bertz CT molecular complexity index is 2730. The van der Waals surface area contributed by atoms with Gasteiger partial charge in [0, 0.05) is 36.7 Å². The molecule has 13 heteroatoms. The first-order valence-corrected chi connectivity index (χ1v) is 25.0. The minimum absolute atomic E-state index is 0.0187. The molecule has 0 aliphatic carbocycles. The Labute approximate surface area is 369 Å². The third-order valence-electron chi connectivity index (χ3n) is 13.2. The van der Waals surface area contributed by atoms with Gasteiger partial charge >= 0.3 is 11.8 Å². The number of anilines is 1. The number of hydrogen-bond acceptors (Lipinski definition) is 9. The minimum Gasteiger partial charge on any atom is -0.506 e. The highest BCUT2D eigenvalue weighted by Gasteiger charge is 2.40. The van der Waals surface area contributed by atoms with Gasteiger partial charge in [0.25, 0.3) is 0 Å². The SMILES string of the molecule is CC(C)(C)[Si](C)(C)O[C@@H](CNCCc1ccc2c(c1)oc(=O)n2CC/C=C/c1ccc(-c2ccccc2)c(NC(=O)O[C@H]2CN3CCC2CC3)c1)c1ccc(O)c2[nH]c(=O)ccc12. The number of aromatic nitrogens is 2. The summed E-state index contributed by atoms with van der Waals surface area (Å²) in [5.74, 6) is 0.0366. The lowest BCUT2D eigenvalue weighted by molar-refractivity contribution is -0.0289. The van der Waals surface area contributed by atoms with Crippen molar-refractivity contribution in [1.82, 2.24) is 19.8 Å². The van der Waals surface area contributed by atoms with E-state index in [-0.39, 0.29) is 28.6 Å². The first-order valence-electron chi connectivity index (χ1n) is 22.1. The van der Waals surface area contributed by atoms with Crippen LogP contribution in [0.15, 0.2) is 111 Å². The van der Waals surface area contributed by atoms with Crippen LogP contribution in [0.4, 0.5) is 10.5 Å². The molecule has 12 nitrogen and oxygen atoms in total. The summed E-state index contributed by atoms with van der Waals surface area (Å²) < 4.78 is 20.3. The number of H-pyrrole nitrogens is 1. The Kier molecular flexibility index (Phi) is 12.9. The molecular formula is C50H59N5O7Si. The molecule has 0 saturated carbocycles. The Morgan fingerprint density at radius 1 is 1.00 bits per heavy atom. The van der Waals surface area contributed by atoms with Gasteiger partial charge in [-0.25, -0.2) is 9.59 Å². The van der Waals surface area contributed by atoms with Gasteiger partial charge in [-0.1, -0.05) is 87.5 Å². The van der Waals surface area contributed by atoms with E-state index in [1.807, 2.05) is 84.9 Å². The number of nitrogens with zero attached hydrogens (tertiary/aromatic N) is 2. The lowest BCUT2D eigenvalue weighted by Gasteiger charge is -2.43. The van der Waals surface area contributed by atoms with Crippen LogP contribution < -0.4 is 21.9 Å². The summed E-state index contributed by atoms with van der Waals surface area (Å²) in [5, 5.41) is 17.9. The number of allylic oxidation sites excluding steroid dienone is 1. The lowest BCUT2D eigenvalue weighted by Crippen LogP contribution is -2.52. The van der Waals surface area contributed by atoms with Crippen LogP contribution >= 0.6 is 0 Å². The Balaban J connectivity index is 0.901. The second-order valence-electron chi connectivity index (χ2n) is 18.5. The van der Waals surface area contributed by atoms with Crippen molar-refractivity contribution in [1.29, 1.82) is 0 Å². The largest absolute Gasteiger partial charge is 0.506 e. The Morgan fingerprint density at radius 2 is 1.79 bits per heavy atom. The number of phenols is 1. The summed E-state index contributed by atoms with van der Waals surface area (Å²) in [6.07, 6.45) is 6.61. The molecule has 330 valence electrons. The molecule has 3 aliphatic rings. The van der Waals surface area contributed by atoms with Crippen molar-refractivity contribution < 1.29 is 23.5 Å². The predicted molar refractivity (Wildman–Crippen MR) is 253 cm³/mol. The van der Waals surface area contributed by atoms with Crippen LogP contribution in [-0.2, 0) is 22.1 Å². The van der Waals surface area contributed by atoms with E-state index in [0.717, 1.165) is 71.2 Å². The van der Waals surface area contributed by atoms with Crippen LogP contribution in [0.1, 0.15) is 62.8 Å². The fraction of sp³-hybridized carbons (Fsp3) is 0.380. The first kappa shape index (κ1) is 43.9. The highest BCUT2D eigenvalue weighted by Crippen LogP contribution is 2.41. The number of aromatic amines is 1. The first-order chi connectivity index (χ1) is 30.2. The van der Waals surface area contributed by atoms with Crippen molar-refractivity contribution in [3.8, 4) is 16.9 Å². The molecule has 5 heterocycles. The Morgan fingerprint density at radius 3 is 2.54 bits per heavy atom. The van der Waals surface area contributed by atoms with E-state index in [1.165, 1.54) is 6.07 Å². The number of aromatic hydroxyl groups is 1. The van der Waals surface area contributed by atoms with E-state index in [9.17, 15) is 19.5 Å². The number of pyridine rings is 1. The molecule has 0 radical (unpaired) electrons. The number of phenolic OH excluding ortho intramolecular Hbond substituents is 1. The fourth-order valence-electron chi connectivity index (χ4n) is 8.61. The summed E-state index contributed by atoms with van der Waals surface area (Å²) in [6, 6.07) is 28.6. The average molecular weight is 870 g/mol. The summed E-state index contributed by atoms with van der Waals surface area (Å²) in [4.78, 5) is 43.6. The number of hydrogen-bond donors (Lipinski definition) is 4. The van der Waals surface area contributed by atoms with Gasteiger partial charge in [-0.05, 0) is 122 Å². The molecule has 9 rings (SSSR count). The fourth-order valence-corrected chi connectivity index (χ4v) is 9.89. The van der Waals surface area contributed by atoms with Crippen molar-refractivity contribution in [3.63, 3.8) is 0 Å². The van der Waals surface area contributed by atoms with Crippen molar-refractivity contribution in [2.24, 2.45) is 5.92 Å². The van der Waals surface area contributed by atoms with Crippen molar-refractivity contribution in [2.45, 2.75) is 83.3 Å². The van der Waals surface area contributed by atoms with Gasteiger partial charge in [0.05, 0.1) is 22.8 Å². The second-order valence-corrected chi connectivity index (χ2v) is 23.3. The summed E-state index contributed by atoms with van der Waals surface area (Å²) in [6.45, 7) is 15.6. The van der Waals surface area contributed by atoms with Crippen LogP contribution in [0.3, 0.4) is 0 Å². The molecule has 63 heavy (non-hydrogen) atoms. The molecule has 0 spiro atoms. The number of oxazole rings is 1. The van der Waals surface area contributed by atoms with Gasteiger partial charge in [-0.2, -0.15) is 0 Å². The van der Waals surface area contributed by atoms with E-state index in [1.54, 1.807) is 16.7 Å². The molecule has 3 fully saturated rings. The molecule has 4 N–H and O–H groups in total. The average Bonchev–Trinajstić information content (AvgIpc) is 3.57. The quantitative estimate of drug-likeness (QED) is 0.0585. The van der Waals surface area contributed by atoms with E-state index < -0.39 is 20.2 Å². The number of aryl methyl sites for hydroxylation is 1. The van der Waals surface area contributed by atoms with Crippen molar-refractivity contribution >= 4 is 48.2 Å². The highest BCUT2D eigenvalue weighted by atomic mass is 28.4. The van der Waals surface area contributed by atoms with Gasteiger partial charge in [0.1, 0.15) is 11.9 Å². The molecule has 6 aromatic rings. The minimum atomic E-state index is -2.22. The molecule has 3 aliphatic heterocycles. The van der Waals surface area contributed by atoms with E-state index in [0.29, 0.717) is 55.2 Å². The monoisotopic (exact) mass is 869 g/mol. The van der Waals surface area contributed by atoms with Gasteiger partial charge in [-0.3, -0.25) is 19.6 Å². The van der Waals surface area contributed by atoms with Gasteiger partial charge in [-0.15, -0.1) is 0 Å². The third-order valence-corrected chi connectivity index (χ3v) is 17.7.